The molecular weight excluding hydrogens is 380 g/mol. The molecule has 3 rings (SSSR count). The third-order valence-electron chi connectivity index (χ3n) is 3.46. The predicted octanol–water partition coefficient (Wildman–Crippen LogP) is 6.03. The molecule has 27 heavy (non-hydrogen) atoms. The Morgan fingerprint density at radius 1 is 1.00 bits per heavy atom. The summed E-state index contributed by atoms with van der Waals surface area (Å²) in [5.41, 5.74) is 0.904. The van der Waals surface area contributed by atoms with Gasteiger partial charge in [0.2, 0.25) is 5.88 Å². The fourth-order valence-electron chi connectivity index (χ4n) is 2.24. The molecule has 0 radical (unpaired) electrons. The minimum atomic E-state index is -4.64. The zero-order valence-electron chi connectivity index (χ0n) is 14.1. The Balaban J connectivity index is 1.85. The van der Waals surface area contributed by atoms with Crippen molar-refractivity contribution in [2.45, 2.75) is 24.0 Å². The lowest BCUT2D eigenvalue weighted by atomic mass is 10.2. The highest BCUT2D eigenvalue weighted by Gasteiger charge is 2.34. The molecule has 0 N–H and O–H groups in total. The largest absolute Gasteiger partial charge is 0.439 e. The van der Waals surface area contributed by atoms with E-state index in [0.717, 1.165) is 41.1 Å². The van der Waals surface area contributed by atoms with E-state index in [-0.39, 0.29) is 16.8 Å². The van der Waals surface area contributed by atoms with Gasteiger partial charge in [0, 0.05) is 11.8 Å². The smallest absolute Gasteiger partial charge is 0.433 e. The molecule has 3 nitrogen and oxygen atoms in total. The Kier molecular flexibility index (Phi) is 5.65. The molecule has 0 aliphatic carbocycles. The van der Waals surface area contributed by atoms with Crippen LogP contribution < -0.4 is 4.74 Å². The van der Waals surface area contributed by atoms with Gasteiger partial charge in [-0.1, -0.05) is 41.6 Å². The van der Waals surface area contributed by atoms with Crippen molar-refractivity contribution in [1.82, 2.24) is 9.97 Å². The van der Waals surface area contributed by atoms with Gasteiger partial charge in [-0.05, 0) is 36.8 Å². The van der Waals surface area contributed by atoms with Crippen molar-refractivity contribution >= 4 is 11.8 Å². The Bertz CT molecular complexity index is 930. The molecule has 0 unspecified atom stereocenters. The second-order valence-electron chi connectivity index (χ2n) is 5.71. The summed E-state index contributed by atoms with van der Waals surface area (Å²) in [4.78, 5) is 7.62. The summed E-state index contributed by atoms with van der Waals surface area (Å²) >= 11 is 1.08. The highest BCUT2D eigenvalue weighted by Crippen LogP contribution is 2.33. The molecule has 3 aromatic rings. The number of nitrogens with zero attached hydrogens (tertiary/aromatic N) is 2. The van der Waals surface area contributed by atoms with Gasteiger partial charge in [0.05, 0.1) is 0 Å². The van der Waals surface area contributed by atoms with E-state index in [9.17, 15) is 17.6 Å². The van der Waals surface area contributed by atoms with E-state index in [1.807, 2.05) is 31.2 Å². The van der Waals surface area contributed by atoms with E-state index in [1.165, 1.54) is 12.1 Å². The monoisotopic (exact) mass is 394 g/mol. The maximum atomic E-state index is 13.2. The van der Waals surface area contributed by atoms with Gasteiger partial charge in [-0.15, -0.1) is 0 Å². The van der Waals surface area contributed by atoms with Gasteiger partial charge in [0.15, 0.2) is 10.9 Å². The number of halogens is 4. The number of alkyl halides is 3. The van der Waals surface area contributed by atoms with Crippen LogP contribution in [0, 0.1) is 12.7 Å². The van der Waals surface area contributed by atoms with E-state index < -0.39 is 17.7 Å². The molecule has 2 aromatic carbocycles. The maximum Gasteiger partial charge on any atom is 0.433 e. The van der Waals surface area contributed by atoms with Crippen LogP contribution in [0.15, 0.2) is 59.8 Å². The number of benzene rings is 2. The summed E-state index contributed by atoms with van der Waals surface area (Å²) in [7, 11) is 0. The van der Waals surface area contributed by atoms with Crippen molar-refractivity contribution in [3.05, 3.63) is 77.2 Å². The number of hydrogen-bond donors (Lipinski definition) is 0. The van der Waals surface area contributed by atoms with Crippen molar-refractivity contribution in [2.24, 2.45) is 0 Å². The Morgan fingerprint density at radius 2 is 1.74 bits per heavy atom. The Hall–Kier alpha value is -2.61. The Morgan fingerprint density at radius 3 is 2.41 bits per heavy atom. The van der Waals surface area contributed by atoms with Crippen molar-refractivity contribution in [2.75, 3.05) is 0 Å². The second-order valence-corrected chi connectivity index (χ2v) is 6.65. The molecule has 0 fully saturated rings. The molecule has 140 valence electrons. The van der Waals surface area contributed by atoms with E-state index in [0.29, 0.717) is 5.75 Å². The molecule has 0 amide bonds. The van der Waals surface area contributed by atoms with Crippen LogP contribution in [-0.2, 0) is 11.9 Å². The molecule has 0 saturated carbocycles. The number of rotatable bonds is 5. The zero-order valence-corrected chi connectivity index (χ0v) is 14.9. The summed E-state index contributed by atoms with van der Waals surface area (Å²) in [6.07, 6.45) is -4.64. The lowest BCUT2D eigenvalue weighted by molar-refractivity contribution is -0.141. The van der Waals surface area contributed by atoms with Crippen LogP contribution in [-0.4, -0.2) is 9.97 Å². The van der Waals surface area contributed by atoms with Crippen molar-refractivity contribution in [1.29, 1.82) is 0 Å². The van der Waals surface area contributed by atoms with Crippen LogP contribution in [0.3, 0.4) is 0 Å². The van der Waals surface area contributed by atoms with E-state index in [1.54, 1.807) is 0 Å². The van der Waals surface area contributed by atoms with Gasteiger partial charge in [0.25, 0.3) is 0 Å². The van der Waals surface area contributed by atoms with Gasteiger partial charge in [-0.25, -0.2) is 9.37 Å². The summed E-state index contributed by atoms with van der Waals surface area (Å²) < 4.78 is 57.8. The molecule has 1 heterocycles. The SMILES string of the molecule is Cc1cccc(CSc2nc(Oc3ccc(F)cc3)cc(C(F)(F)F)n2)c1. The first kappa shape index (κ1) is 19.2. The first-order valence-electron chi connectivity index (χ1n) is 7.88. The maximum absolute atomic E-state index is 13.2. The average Bonchev–Trinajstić information content (AvgIpc) is 2.61. The number of aromatic nitrogens is 2. The first-order chi connectivity index (χ1) is 12.8. The van der Waals surface area contributed by atoms with Crippen LogP contribution in [0.1, 0.15) is 16.8 Å². The van der Waals surface area contributed by atoms with Gasteiger partial charge in [-0.2, -0.15) is 18.2 Å². The number of hydrogen-bond acceptors (Lipinski definition) is 4. The predicted molar refractivity (Wildman–Crippen MR) is 94.2 cm³/mol. The molecule has 8 heteroatoms. The lowest BCUT2D eigenvalue weighted by Crippen LogP contribution is -2.10. The summed E-state index contributed by atoms with van der Waals surface area (Å²) in [5.74, 6) is -0.136. The minimum absolute atomic E-state index is 0.0524. The van der Waals surface area contributed by atoms with Crippen LogP contribution >= 0.6 is 11.8 Å². The molecule has 0 aliphatic heterocycles. The van der Waals surface area contributed by atoms with Gasteiger partial charge < -0.3 is 4.74 Å². The summed E-state index contributed by atoms with van der Waals surface area (Å²) in [6.45, 7) is 1.93. The fourth-order valence-corrected chi connectivity index (χ4v) is 3.03. The third kappa shape index (κ3) is 5.43. The Labute approximate surface area is 157 Å². The van der Waals surface area contributed by atoms with E-state index >= 15 is 0 Å². The van der Waals surface area contributed by atoms with E-state index in [2.05, 4.69) is 9.97 Å². The summed E-state index contributed by atoms with van der Waals surface area (Å²) in [6, 6.07) is 13.3. The molecule has 0 saturated heterocycles. The first-order valence-corrected chi connectivity index (χ1v) is 8.86. The lowest BCUT2D eigenvalue weighted by Gasteiger charge is -2.11. The zero-order chi connectivity index (χ0) is 19.4. The van der Waals surface area contributed by atoms with Crippen LogP contribution in [0.2, 0.25) is 0 Å². The average molecular weight is 394 g/mol. The standard InChI is InChI=1S/C19H14F4N2OS/c1-12-3-2-4-13(9-12)11-27-18-24-16(19(21,22)23)10-17(25-18)26-15-7-5-14(20)6-8-15/h2-10H,11H2,1H3. The van der Waals surface area contributed by atoms with Crippen molar-refractivity contribution < 1.29 is 22.3 Å². The highest BCUT2D eigenvalue weighted by atomic mass is 32.2. The van der Waals surface area contributed by atoms with Crippen LogP contribution in [0.4, 0.5) is 17.6 Å². The summed E-state index contributed by atoms with van der Waals surface area (Å²) in [5, 5.41) is -0.0524. The van der Waals surface area contributed by atoms with Gasteiger partial charge in [-0.3, -0.25) is 0 Å². The van der Waals surface area contributed by atoms with E-state index in [4.69, 9.17) is 4.74 Å². The number of thioether (sulfide) groups is 1. The second kappa shape index (κ2) is 7.96. The molecule has 0 spiro atoms. The highest BCUT2D eigenvalue weighted by molar-refractivity contribution is 7.98. The normalized spacial score (nSPS) is 11.4. The fraction of sp³-hybridized carbons (Fsp3) is 0.158. The molecular formula is C19H14F4N2OS. The van der Waals surface area contributed by atoms with Crippen molar-refractivity contribution in [3.63, 3.8) is 0 Å². The number of ether oxygens (including phenoxy) is 1. The van der Waals surface area contributed by atoms with Crippen molar-refractivity contribution in [3.8, 4) is 11.6 Å². The van der Waals surface area contributed by atoms with Gasteiger partial charge >= 0.3 is 6.18 Å². The molecule has 0 bridgehead atoms. The molecule has 1 aromatic heterocycles. The topological polar surface area (TPSA) is 35.0 Å². The third-order valence-corrected chi connectivity index (χ3v) is 4.38. The van der Waals surface area contributed by atoms with Crippen LogP contribution in [0.25, 0.3) is 0 Å². The van der Waals surface area contributed by atoms with Crippen LogP contribution in [0.5, 0.6) is 11.6 Å². The minimum Gasteiger partial charge on any atom is -0.439 e. The quantitative estimate of drug-likeness (QED) is 0.301. The molecule has 0 atom stereocenters. The van der Waals surface area contributed by atoms with Gasteiger partial charge in [0.1, 0.15) is 11.6 Å². The number of aryl methyl sites for hydroxylation is 1. The molecule has 0 aliphatic rings.